The minimum atomic E-state index is -0.618. The van der Waals surface area contributed by atoms with E-state index in [2.05, 4.69) is 25.7 Å². The lowest BCUT2D eigenvalue weighted by Crippen LogP contribution is -2.37. The number of hydrogen-bond donors (Lipinski definition) is 3. The monoisotopic (exact) mass is 416 g/mol. The lowest BCUT2D eigenvalue weighted by atomic mass is 9.60. The van der Waals surface area contributed by atoms with Crippen molar-refractivity contribution in [1.29, 1.82) is 0 Å². The van der Waals surface area contributed by atoms with Gasteiger partial charge in [0.2, 0.25) is 0 Å². The van der Waals surface area contributed by atoms with Crippen LogP contribution in [-0.2, 0) is 0 Å². The molecule has 3 rings (SSSR count). The third-order valence-electron chi connectivity index (χ3n) is 8.39. The molecule has 0 radical (unpaired) electrons. The molecular formula is C27H44O3. The Bertz CT molecular complexity index is 668. The standard InChI is InChI=1S/C27H44O3/c1-19-9-12-23(29)17-21(19)11-10-20-7-6-16-27(4)24(20)13-14-25(27)22(18-28)8-5-15-26(2,3)30/h10-11,22-25,28-30H,1,5-9,12-18H2,2-4H3/t22-,23-,24?,25+,27-/m0/s1. The van der Waals surface area contributed by atoms with Crippen LogP contribution in [0.2, 0.25) is 0 Å². The number of fused-ring (bicyclic) bond motifs is 1. The largest absolute Gasteiger partial charge is 0.396 e. The summed E-state index contributed by atoms with van der Waals surface area (Å²) in [6, 6.07) is 0. The minimum Gasteiger partial charge on any atom is -0.396 e. The van der Waals surface area contributed by atoms with Crippen LogP contribution in [0.1, 0.15) is 91.4 Å². The van der Waals surface area contributed by atoms with E-state index in [0.717, 1.165) is 38.5 Å². The number of rotatable bonds is 7. The first kappa shape index (κ1) is 23.8. The van der Waals surface area contributed by atoms with Gasteiger partial charge in [-0.25, -0.2) is 0 Å². The maximum atomic E-state index is 10.2. The lowest BCUT2D eigenvalue weighted by Gasteiger charge is -2.45. The Hall–Kier alpha value is -0.900. The van der Waals surface area contributed by atoms with Gasteiger partial charge in [-0.1, -0.05) is 43.2 Å². The van der Waals surface area contributed by atoms with Crippen LogP contribution in [-0.4, -0.2) is 33.6 Å². The second-order valence-corrected chi connectivity index (χ2v) is 11.2. The summed E-state index contributed by atoms with van der Waals surface area (Å²) in [5.41, 5.74) is 3.64. The van der Waals surface area contributed by atoms with Crippen molar-refractivity contribution < 1.29 is 15.3 Å². The molecule has 0 bridgehead atoms. The van der Waals surface area contributed by atoms with Gasteiger partial charge in [-0.15, -0.1) is 0 Å². The van der Waals surface area contributed by atoms with Crippen molar-refractivity contribution in [2.45, 2.75) is 103 Å². The van der Waals surface area contributed by atoms with Crippen molar-refractivity contribution >= 4 is 0 Å². The number of aliphatic hydroxyl groups excluding tert-OH is 2. The minimum absolute atomic E-state index is 0.221. The Labute approximate surface area is 184 Å². The van der Waals surface area contributed by atoms with E-state index < -0.39 is 5.60 Å². The average molecular weight is 417 g/mol. The quantitative estimate of drug-likeness (QED) is 0.498. The van der Waals surface area contributed by atoms with Crippen LogP contribution < -0.4 is 0 Å². The third kappa shape index (κ3) is 5.47. The van der Waals surface area contributed by atoms with Crippen LogP contribution in [0.15, 0.2) is 35.5 Å². The highest BCUT2D eigenvalue weighted by Gasteiger charge is 2.51. The molecule has 3 aliphatic carbocycles. The molecule has 3 saturated carbocycles. The summed E-state index contributed by atoms with van der Waals surface area (Å²) < 4.78 is 0. The number of allylic oxidation sites excluding steroid dienone is 4. The van der Waals surface area contributed by atoms with E-state index in [-0.39, 0.29) is 18.1 Å². The summed E-state index contributed by atoms with van der Waals surface area (Å²) in [7, 11) is 0. The first-order chi connectivity index (χ1) is 14.1. The molecule has 30 heavy (non-hydrogen) atoms. The maximum absolute atomic E-state index is 10.2. The number of hydrogen-bond acceptors (Lipinski definition) is 3. The normalized spacial score (nSPS) is 36.3. The molecule has 0 aliphatic heterocycles. The van der Waals surface area contributed by atoms with Gasteiger partial charge in [0, 0.05) is 6.61 Å². The number of aliphatic hydroxyl groups is 3. The molecule has 0 saturated heterocycles. The average Bonchev–Trinajstić information content (AvgIpc) is 3.02. The van der Waals surface area contributed by atoms with Crippen molar-refractivity contribution in [3.05, 3.63) is 35.5 Å². The Morgan fingerprint density at radius 2 is 1.97 bits per heavy atom. The topological polar surface area (TPSA) is 60.7 Å². The zero-order valence-electron chi connectivity index (χ0n) is 19.5. The van der Waals surface area contributed by atoms with Crippen molar-refractivity contribution in [3.8, 4) is 0 Å². The molecule has 0 aromatic heterocycles. The first-order valence-corrected chi connectivity index (χ1v) is 12.2. The zero-order valence-corrected chi connectivity index (χ0v) is 19.5. The Morgan fingerprint density at radius 3 is 2.67 bits per heavy atom. The highest BCUT2D eigenvalue weighted by atomic mass is 16.3. The molecule has 5 atom stereocenters. The van der Waals surface area contributed by atoms with Gasteiger partial charge in [0.05, 0.1) is 11.7 Å². The van der Waals surface area contributed by atoms with Crippen molar-refractivity contribution in [2.75, 3.05) is 6.61 Å². The van der Waals surface area contributed by atoms with Crippen LogP contribution in [0.4, 0.5) is 0 Å². The van der Waals surface area contributed by atoms with E-state index in [4.69, 9.17) is 0 Å². The Morgan fingerprint density at radius 1 is 1.20 bits per heavy atom. The van der Waals surface area contributed by atoms with E-state index >= 15 is 0 Å². The van der Waals surface area contributed by atoms with Crippen LogP contribution in [0.25, 0.3) is 0 Å². The molecule has 1 unspecified atom stereocenters. The molecule has 3 heteroatoms. The van der Waals surface area contributed by atoms with Crippen molar-refractivity contribution in [1.82, 2.24) is 0 Å². The smallest absolute Gasteiger partial charge is 0.0591 e. The van der Waals surface area contributed by atoms with Crippen molar-refractivity contribution in [3.63, 3.8) is 0 Å². The third-order valence-corrected chi connectivity index (χ3v) is 8.39. The van der Waals surface area contributed by atoms with Crippen LogP contribution in [0.3, 0.4) is 0 Å². The van der Waals surface area contributed by atoms with Crippen LogP contribution in [0.5, 0.6) is 0 Å². The molecule has 3 aliphatic rings. The van der Waals surface area contributed by atoms with Crippen LogP contribution in [0, 0.1) is 23.2 Å². The van der Waals surface area contributed by atoms with E-state index in [0.29, 0.717) is 17.8 Å². The molecule has 3 nitrogen and oxygen atoms in total. The molecule has 3 N–H and O–H groups in total. The molecule has 0 spiro atoms. The van der Waals surface area contributed by atoms with Gasteiger partial charge in [-0.3, -0.25) is 0 Å². The molecular weight excluding hydrogens is 372 g/mol. The van der Waals surface area contributed by atoms with E-state index in [1.165, 1.54) is 43.3 Å². The lowest BCUT2D eigenvalue weighted by molar-refractivity contribution is 0.0418. The molecule has 0 amide bonds. The van der Waals surface area contributed by atoms with Gasteiger partial charge in [0.15, 0.2) is 0 Å². The molecule has 170 valence electrons. The molecule has 0 aromatic carbocycles. The maximum Gasteiger partial charge on any atom is 0.0591 e. The van der Waals surface area contributed by atoms with Gasteiger partial charge in [-0.2, -0.15) is 0 Å². The van der Waals surface area contributed by atoms with E-state index in [1.54, 1.807) is 5.57 Å². The van der Waals surface area contributed by atoms with Gasteiger partial charge < -0.3 is 15.3 Å². The van der Waals surface area contributed by atoms with Crippen molar-refractivity contribution in [2.24, 2.45) is 23.2 Å². The van der Waals surface area contributed by atoms with Crippen LogP contribution >= 0.6 is 0 Å². The predicted molar refractivity (Wildman–Crippen MR) is 124 cm³/mol. The summed E-state index contributed by atoms with van der Waals surface area (Å²) in [6.07, 6.45) is 15.7. The van der Waals surface area contributed by atoms with Gasteiger partial charge >= 0.3 is 0 Å². The summed E-state index contributed by atoms with van der Waals surface area (Å²) >= 11 is 0. The fraction of sp³-hybridized carbons (Fsp3) is 0.778. The second kappa shape index (κ2) is 9.71. The summed E-state index contributed by atoms with van der Waals surface area (Å²) in [5.74, 6) is 1.52. The van der Waals surface area contributed by atoms with Gasteiger partial charge in [0.1, 0.15) is 0 Å². The summed E-state index contributed by atoms with van der Waals surface area (Å²) in [5, 5.41) is 30.3. The van der Waals surface area contributed by atoms with E-state index in [9.17, 15) is 15.3 Å². The Kier molecular flexibility index (Phi) is 7.69. The predicted octanol–water partition coefficient (Wildman–Crippen LogP) is 5.71. The molecule has 0 aromatic rings. The summed E-state index contributed by atoms with van der Waals surface area (Å²) in [6.45, 7) is 10.7. The Balaban J connectivity index is 1.72. The molecule has 3 fully saturated rings. The SMILES string of the molecule is C=C1CC[C@H](O)CC1=CC=C1CCC[C@@]2(C)C1CC[C@@H]2[C@H](CO)CCCC(C)(C)O. The first-order valence-electron chi connectivity index (χ1n) is 12.2. The van der Waals surface area contributed by atoms with Gasteiger partial charge in [-0.05, 0) is 107 Å². The highest BCUT2D eigenvalue weighted by molar-refractivity contribution is 5.36. The second-order valence-electron chi connectivity index (χ2n) is 11.2. The summed E-state index contributed by atoms with van der Waals surface area (Å²) in [4.78, 5) is 0. The highest BCUT2D eigenvalue weighted by Crippen LogP contribution is 2.60. The molecule has 0 heterocycles. The fourth-order valence-corrected chi connectivity index (χ4v) is 6.67. The van der Waals surface area contributed by atoms with E-state index in [1.807, 2.05) is 13.8 Å². The van der Waals surface area contributed by atoms with Gasteiger partial charge in [0.25, 0.3) is 0 Å². The fourth-order valence-electron chi connectivity index (χ4n) is 6.67. The zero-order chi connectivity index (χ0) is 21.9.